The van der Waals surface area contributed by atoms with Crippen LogP contribution < -0.4 is 5.73 Å². The van der Waals surface area contributed by atoms with Crippen molar-refractivity contribution in [3.05, 3.63) is 30.1 Å². The van der Waals surface area contributed by atoms with Crippen LogP contribution in [0.2, 0.25) is 0 Å². The average molecular weight is 160 g/mol. The van der Waals surface area contributed by atoms with Crippen molar-refractivity contribution in [1.29, 1.82) is 0 Å². The fourth-order valence-electron chi connectivity index (χ4n) is 0.693. The van der Waals surface area contributed by atoms with Gasteiger partial charge in [-0.1, -0.05) is 18.9 Å². The zero-order valence-electron chi connectivity index (χ0n) is 7.12. The van der Waals surface area contributed by atoms with Crippen molar-refractivity contribution in [1.82, 2.24) is 4.98 Å². The van der Waals surface area contributed by atoms with Crippen molar-refractivity contribution in [3.8, 4) is 11.8 Å². The summed E-state index contributed by atoms with van der Waals surface area (Å²) >= 11 is 0. The van der Waals surface area contributed by atoms with E-state index in [-0.39, 0.29) is 5.92 Å². The molecule has 2 heteroatoms. The van der Waals surface area contributed by atoms with Crippen LogP contribution in [-0.2, 0) is 0 Å². The van der Waals surface area contributed by atoms with Gasteiger partial charge in [-0.25, -0.2) is 4.98 Å². The lowest BCUT2D eigenvalue weighted by Gasteiger charge is -1.94. The molecule has 12 heavy (non-hydrogen) atoms. The molecule has 1 aromatic heterocycles. The van der Waals surface area contributed by atoms with E-state index in [9.17, 15) is 0 Å². The Kier molecular flexibility index (Phi) is 3.31. The Bertz CT molecular complexity index is 282. The van der Waals surface area contributed by atoms with Gasteiger partial charge in [0.2, 0.25) is 0 Å². The molecule has 1 aromatic rings. The summed E-state index contributed by atoms with van der Waals surface area (Å²) in [7, 11) is 0. The molecule has 0 saturated carbocycles. The van der Waals surface area contributed by atoms with Crippen LogP contribution in [0, 0.1) is 17.8 Å². The lowest BCUT2D eigenvalue weighted by molar-refractivity contribution is 0.766. The van der Waals surface area contributed by atoms with E-state index < -0.39 is 0 Å². The molecule has 2 N–H and O–H groups in total. The maximum Gasteiger partial charge on any atom is 0.113 e. The Morgan fingerprint density at radius 3 is 3.00 bits per heavy atom. The molecule has 0 spiro atoms. The molecular formula is C10H12N2. The van der Waals surface area contributed by atoms with Crippen LogP contribution in [0.1, 0.15) is 12.6 Å². The van der Waals surface area contributed by atoms with Gasteiger partial charge in [-0.2, -0.15) is 0 Å². The number of hydrogen-bond acceptors (Lipinski definition) is 2. The van der Waals surface area contributed by atoms with Gasteiger partial charge >= 0.3 is 0 Å². The first-order chi connectivity index (χ1) is 5.83. The zero-order valence-corrected chi connectivity index (χ0v) is 7.12. The summed E-state index contributed by atoms with van der Waals surface area (Å²) in [4.78, 5) is 4.07. The van der Waals surface area contributed by atoms with E-state index in [1.165, 1.54) is 0 Å². The third-order valence-corrected chi connectivity index (χ3v) is 1.47. The number of pyridine rings is 1. The second-order valence-electron chi connectivity index (χ2n) is 2.62. The van der Waals surface area contributed by atoms with Crippen molar-refractivity contribution >= 4 is 0 Å². The largest absolute Gasteiger partial charge is 0.329 e. The fraction of sp³-hybridized carbons (Fsp3) is 0.300. The maximum atomic E-state index is 5.41. The van der Waals surface area contributed by atoms with Gasteiger partial charge in [-0.3, -0.25) is 0 Å². The number of aromatic nitrogens is 1. The molecule has 0 saturated heterocycles. The van der Waals surface area contributed by atoms with Crippen LogP contribution in [0.25, 0.3) is 0 Å². The van der Waals surface area contributed by atoms with Gasteiger partial charge in [0.25, 0.3) is 0 Å². The minimum atomic E-state index is 0.243. The predicted octanol–water partition coefficient (Wildman–Crippen LogP) is 1.03. The summed E-state index contributed by atoms with van der Waals surface area (Å²) in [6, 6.07) is 5.68. The van der Waals surface area contributed by atoms with Gasteiger partial charge in [0.1, 0.15) is 5.69 Å². The highest BCUT2D eigenvalue weighted by atomic mass is 14.6. The lowest BCUT2D eigenvalue weighted by atomic mass is 10.2. The summed E-state index contributed by atoms with van der Waals surface area (Å²) in [6.45, 7) is 2.59. The molecule has 0 amide bonds. The van der Waals surface area contributed by atoms with Crippen molar-refractivity contribution in [2.75, 3.05) is 6.54 Å². The predicted molar refractivity (Wildman–Crippen MR) is 49.3 cm³/mol. The Morgan fingerprint density at radius 2 is 2.42 bits per heavy atom. The highest BCUT2D eigenvalue weighted by Gasteiger charge is 1.89. The van der Waals surface area contributed by atoms with Crippen molar-refractivity contribution in [2.24, 2.45) is 11.7 Å². The molecule has 0 aliphatic rings. The smallest absolute Gasteiger partial charge is 0.113 e. The maximum absolute atomic E-state index is 5.41. The molecule has 0 aliphatic carbocycles. The molecular weight excluding hydrogens is 148 g/mol. The molecule has 0 aromatic carbocycles. The molecule has 2 nitrogen and oxygen atoms in total. The van der Waals surface area contributed by atoms with E-state index in [1.807, 2.05) is 25.1 Å². The Hall–Kier alpha value is -1.33. The Labute approximate surface area is 72.8 Å². The van der Waals surface area contributed by atoms with E-state index in [2.05, 4.69) is 16.8 Å². The van der Waals surface area contributed by atoms with E-state index in [0.717, 1.165) is 5.69 Å². The van der Waals surface area contributed by atoms with Gasteiger partial charge in [0, 0.05) is 18.7 Å². The molecule has 0 fully saturated rings. The van der Waals surface area contributed by atoms with Gasteiger partial charge in [-0.05, 0) is 18.1 Å². The number of nitrogens with zero attached hydrogens (tertiary/aromatic N) is 1. The van der Waals surface area contributed by atoms with Gasteiger partial charge in [0.05, 0.1) is 0 Å². The molecule has 1 heterocycles. The monoisotopic (exact) mass is 160 g/mol. The first kappa shape index (κ1) is 8.76. The molecule has 0 bridgehead atoms. The highest BCUT2D eigenvalue weighted by molar-refractivity contribution is 5.27. The quantitative estimate of drug-likeness (QED) is 0.623. The van der Waals surface area contributed by atoms with Crippen LogP contribution in [0.15, 0.2) is 24.4 Å². The minimum absolute atomic E-state index is 0.243. The molecule has 0 radical (unpaired) electrons. The SMILES string of the molecule is CC(C#Cc1ccccn1)CN. The van der Waals surface area contributed by atoms with Crippen LogP contribution in [0.3, 0.4) is 0 Å². The van der Waals surface area contributed by atoms with Crippen LogP contribution in [0.5, 0.6) is 0 Å². The zero-order chi connectivity index (χ0) is 8.81. The first-order valence-corrected chi connectivity index (χ1v) is 3.95. The van der Waals surface area contributed by atoms with Crippen LogP contribution in [0.4, 0.5) is 0 Å². The normalized spacial score (nSPS) is 11.5. The van der Waals surface area contributed by atoms with E-state index in [0.29, 0.717) is 6.54 Å². The van der Waals surface area contributed by atoms with Crippen molar-refractivity contribution in [3.63, 3.8) is 0 Å². The van der Waals surface area contributed by atoms with E-state index in [4.69, 9.17) is 5.73 Å². The van der Waals surface area contributed by atoms with E-state index in [1.54, 1.807) is 6.20 Å². The number of nitrogens with two attached hydrogens (primary N) is 1. The molecule has 1 atom stereocenters. The molecule has 1 unspecified atom stereocenters. The summed E-state index contributed by atoms with van der Waals surface area (Å²) in [5, 5.41) is 0. The summed E-state index contributed by atoms with van der Waals surface area (Å²) < 4.78 is 0. The minimum Gasteiger partial charge on any atom is -0.329 e. The van der Waals surface area contributed by atoms with Crippen molar-refractivity contribution in [2.45, 2.75) is 6.92 Å². The summed E-state index contributed by atoms with van der Waals surface area (Å²) in [6.07, 6.45) is 1.73. The molecule has 62 valence electrons. The van der Waals surface area contributed by atoms with E-state index >= 15 is 0 Å². The standard InChI is InChI=1S/C10H12N2/c1-9(8-11)5-6-10-4-2-3-7-12-10/h2-4,7,9H,8,11H2,1H3. The lowest BCUT2D eigenvalue weighted by Crippen LogP contribution is -2.08. The third kappa shape index (κ3) is 2.73. The summed E-state index contributed by atoms with van der Waals surface area (Å²) in [5.74, 6) is 6.21. The van der Waals surface area contributed by atoms with Crippen LogP contribution >= 0.6 is 0 Å². The van der Waals surface area contributed by atoms with Crippen molar-refractivity contribution < 1.29 is 0 Å². The second-order valence-corrected chi connectivity index (χ2v) is 2.62. The van der Waals surface area contributed by atoms with Crippen LogP contribution in [-0.4, -0.2) is 11.5 Å². The molecule has 1 rings (SSSR count). The Morgan fingerprint density at radius 1 is 1.58 bits per heavy atom. The second kappa shape index (κ2) is 4.53. The molecule has 0 aliphatic heterocycles. The van der Waals surface area contributed by atoms with Gasteiger partial charge < -0.3 is 5.73 Å². The summed E-state index contributed by atoms with van der Waals surface area (Å²) in [5.41, 5.74) is 6.22. The fourth-order valence-corrected chi connectivity index (χ4v) is 0.693. The third-order valence-electron chi connectivity index (χ3n) is 1.47. The average Bonchev–Trinajstić information content (AvgIpc) is 2.16. The Balaban J connectivity index is 2.67. The highest BCUT2D eigenvalue weighted by Crippen LogP contribution is 1.92. The topological polar surface area (TPSA) is 38.9 Å². The number of hydrogen-bond donors (Lipinski definition) is 1. The van der Waals surface area contributed by atoms with Gasteiger partial charge in [-0.15, -0.1) is 0 Å². The first-order valence-electron chi connectivity index (χ1n) is 3.95. The number of rotatable bonds is 1. The van der Waals surface area contributed by atoms with Gasteiger partial charge in [0.15, 0.2) is 0 Å².